The van der Waals surface area contributed by atoms with Crippen LogP contribution in [0.15, 0.2) is 60.7 Å². The number of nitrogens with zero attached hydrogens (tertiary/aromatic N) is 2. The molecule has 1 heterocycles. The molecule has 2 aromatic carbocycles. The standard InChI is InChI=1S/C17H12ClFN4O/c18-11-1-5-13(6-2-11)20-16-10-9-15(22-23-16)17(24)21-14-7-3-12(19)4-8-14/h1-10H,(H,20,23)(H,21,24). The summed E-state index contributed by atoms with van der Waals surface area (Å²) < 4.78 is 12.8. The maximum absolute atomic E-state index is 12.8. The minimum atomic E-state index is -0.424. The van der Waals surface area contributed by atoms with E-state index in [4.69, 9.17) is 11.6 Å². The molecule has 0 saturated heterocycles. The fourth-order valence-corrected chi connectivity index (χ4v) is 2.06. The predicted octanol–water partition coefficient (Wildman–Crippen LogP) is 4.27. The monoisotopic (exact) mass is 342 g/mol. The molecule has 0 unspecified atom stereocenters. The molecule has 0 aliphatic heterocycles. The van der Waals surface area contributed by atoms with Crippen molar-refractivity contribution in [2.24, 2.45) is 0 Å². The highest BCUT2D eigenvalue weighted by Gasteiger charge is 2.09. The molecule has 1 amide bonds. The normalized spacial score (nSPS) is 10.2. The Morgan fingerprint density at radius 3 is 2.17 bits per heavy atom. The van der Waals surface area contributed by atoms with Gasteiger partial charge in [-0.25, -0.2) is 4.39 Å². The van der Waals surface area contributed by atoms with Crippen molar-refractivity contribution in [3.8, 4) is 0 Å². The van der Waals surface area contributed by atoms with E-state index >= 15 is 0 Å². The highest BCUT2D eigenvalue weighted by Crippen LogP contribution is 2.17. The molecule has 0 aliphatic rings. The van der Waals surface area contributed by atoms with Gasteiger partial charge >= 0.3 is 0 Å². The van der Waals surface area contributed by atoms with Crippen molar-refractivity contribution in [2.45, 2.75) is 0 Å². The van der Waals surface area contributed by atoms with Gasteiger partial charge in [-0.1, -0.05) is 11.6 Å². The predicted molar refractivity (Wildman–Crippen MR) is 91.1 cm³/mol. The average Bonchev–Trinajstić information content (AvgIpc) is 2.59. The third kappa shape index (κ3) is 4.05. The second-order valence-corrected chi connectivity index (χ2v) is 5.33. The number of nitrogens with one attached hydrogen (secondary N) is 2. The van der Waals surface area contributed by atoms with Gasteiger partial charge in [0, 0.05) is 16.4 Å². The van der Waals surface area contributed by atoms with Gasteiger partial charge in [0.25, 0.3) is 5.91 Å². The molecule has 0 atom stereocenters. The van der Waals surface area contributed by atoms with Gasteiger partial charge in [0.1, 0.15) is 5.82 Å². The van der Waals surface area contributed by atoms with Crippen LogP contribution in [-0.2, 0) is 0 Å². The van der Waals surface area contributed by atoms with Crippen LogP contribution in [0.5, 0.6) is 0 Å². The number of hydrogen-bond donors (Lipinski definition) is 2. The van der Waals surface area contributed by atoms with Crippen LogP contribution in [0.1, 0.15) is 10.5 Å². The number of amides is 1. The van der Waals surface area contributed by atoms with Crippen LogP contribution in [0.3, 0.4) is 0 Å². The molecule has 5 nitrogen and oxygen atoms in total. The molecular formula is C17H12ClFN4O. The number of halogens is 2. The third-order valence-corrected chi connectivity index (χ3v) is 3.37. The maximum Gasteiger partial charge on any atom is 0.276 e. The lowest BCUT2D eigenvalue weighted by Gasteiger charge is -2.06. The van der Waals surface area contributed by atoms with E-state index in [2.05, 4.69) is 20.8 Å². The van der Waals surface area contributed by atoms with Crippen LogP contribution < -0.4 is 10.6 Å². The summed E-state index contributed by atoms with van der Waals surface area (Å²) in [5, 5.41) is 14.1. The largest absolute Gasteiger partial charge is 0.339 e. The summed E-state index contributed by atoms with van der Waals surface area (Å²) >= 11 is 5.82. The smallest absolute Gasteiger partial charge is 0.276 e. The Balaban J connectivity index is 1.66. The molecule has 0 saturated carbocycles. The molecule has 3 rings (SSSR count). The van der Waals surface area contributed by atoms with Crippen molar-refractivity contribution in [2.75, 3.05) is 10.6 Å². The molecule has 3 aromatic rings. The van der Waals surface area contributed by atoms with Gasteiger partial charge < -0.3 is 10.6 Å². The quantitative estimate of drug-likeness (QED) is 0.743. The number of carbonyl (C=O) groups is 1. The summed E-state index contributed by atoms with van der Waals surface area (Å²) in [5.41, 5.74) is 1.43. The summed E-state index contributed by atoms with van der Waals surface area (Å²) in [6.07, 6.45) is 0. The Kier molecular flexibility index (Phi) is 4.67. The van der Waals surface area contributed by atoms with Crippen molar-refractivity contribution in [3.63, 3.8) is 0 Å². The second-order valence-electron chi connectivity index (χ2n) is 4.90. The lowest BCUT2D eigenvalue weighted by Crippen LogP contribution is -2.14. The molecular weight excluding hydrogens is 331 g/mol. The summed E-state index contributed by atoms with van der Waals surface area (Å²) in [4.78, 5) is 12.1. The molecule has 7 heteroatoms. The van der Waals surface area contributed by atoms with Gasteiger partial charge in [-0.15, -0.1) is 10.2 Å². The molecule has 0 bridgehead atoms. The van der Waals surface area contributed by atoms with E-state index in [9.17, 15) is 9.18 Å². The lowest BCUT2D eigenvalue weighted by atomic mass is 10.3. The van der Waals surface area contributed by atoms with Crippen LogP contribution in [0.2, 0.25) is 5.02 Å². The summed E-state index contributed by atoms with van der Waals surface area (Å²) in [6.45, 7) is 0. The average molecular weight is 343 g/mol. The highest BCUT2D eigenvalue weighted by atomic mass is 35.5. The van der Waals surface area contributed by atoms with Gasteiger partial charge in [-0.3, -0.25) is 4.79 Å². The second kappa shape index (κ2) is 7.06. The van der Waals surface area contributed by atoms with E-state index in [-0.39, 0.29) is 11.5 Å². The number of rotatable bonds is 4. The van der Waals surface area contributed by atoms with Gasteiger partial charge in [0.05, 0.1) is 0 Å². The fourth-order valence-electron chi connectivity index (χ4n) is 1.93. The Hall–Kier alpha value is -2.99. The zero-order valence-corrected chi connectivity index (χ0v) is 13.1. The highest BCUT2D eigenvalue weighted by molar-refractivity contribution is 6.30. The van der Waals surface area contributed by atoms with Crippen LogP contribution in [-0.4, -0.2) is 16.1 Å². The number of anilines is 3. The first-order valence-electron chi connectivity index (χ1n) is 7.03. The van der Waals surface area contributed by atoms with E-state index in [0.29, 0.717) is 16.5 Å². The fraction of sp³-hybridized carbons (Fsp3) is 0. The first-order valence-corrected chi connectivity index (χ1v) is 7.41. The first-order chi connectivity index (χ1) is 11.6. The number of carbonyl (C=O) groups excluding carboxylic acids is 1. The van der Waals surface area contributed by atoms with Crippen molar-refractivity contribution in [3.05, 3.63) is 77.2 Å². The molecule has 24 heavy (non-hydrogen) atoms. The van der Waals surface area contributed by atoms with E-state index in [0.717, 1.165) is 5.69 Å². The Morgan fingerprint density at radius 2 is 1.54 bits per heavy atom. The first kappa shape index (κ1) is 15.9. The topological polar surface area (TPSA) is 66.9 Å². The maximum atomic E-state index is 12.8. The SMILES string of the molecule is O=C(Nc1ccc(F)cc1)c1ccc(Nc2ccc(Cl)cc2)nn1. The number of benzene rings is 2. The zero-order valence-electron chi connectivity index (χ0n) is 12.3. The third-order valence-electron chi connectivity index (χ3n) is 3.12. The van der Waals surface area contributed by atoms with Crippen LogP contribution >= 0.6 is 11.6 Å². The zero-order chi connectivity index (χ0) is 16.9. The van der Waals surface area contributed by atoms with E-state index in [1.165, 1.54) is 24.3 Å². The van der Waals surface area contributed by atoms with Gasteiger partial charge in [0.2, 0.25) is 0 Å². The Bertz CT molecular complexity index is 836. The molecule has 120 valence electrons. The number of aromatic nitrogens is 2. The minimum Gasteiger partial charge on any atom is -0.339 e. The molecule has 0 aliphatic carbocycles. The molecule has 0 spiro atoms. The molecule has 0 fully saturated rings. The Morgan fingerprint density at radius 1 is 0.875 bits per heavy atom. The molecule has 1 aromatic heterocycles. The van der Waals surface area contributed by atoms with Gasteiger partial charge in [0.15, 0.2) is 11.5 Å². The summed E-state index contributed by atoms with van der Waals surface area (Å²) in [6, 6.07) is 15.8. The van der Waals surface area contributed by atoms with E-state index < -0.39 is 5.91 Å². The van der Waals surface area contributed by atoms with Crippen LogP contribution in [0.4, 0.5) is 21.6 Å². The van der Waals surface area contributed by atoms with Gasteiger partial charge in [-0.2, -0.15) is 0 Å². The molecule has 0 radical (unpaired) electrons. The van der Waals surface area contributed by atoms with E-state index in [1.807, 2.05) is 0 Å². The van der Waals surface area contributed by atoms with Crippen molar-refractivity contribution in [1.29, 1.82) is 0 Å². The van der Waals surface area contributed by atoms with Gasteiger partial charge in [-0.05, 0) is 60.7 Å². The minimum absolute atomic E-state index is 0.154. The molecule has 2 N–H and O–H groups in total. The van der Waals surface area contributed by atoms with Crippen LogP contribution in [0.25, 0.3) is 0 Å². The Labute approximate surface area is 142 Å². The van der Waals surface area contributed by atoms with Crippen molar-refractivity contribution >= 4 is 34.7 Å². The van der Waals surface area contributed by atoms with Crippen molar-refractivity contribution in [1.82, 2.24) is 10.2 Å². The summed E-state index contributed by atoms with van der Waals surface area (Å²) in [5.74, 6) is -0.298. The van der Waals surface area contributed by atoms with Crippen LogP contribution in [0, 0.1) is 5.82 Å². The van der Waals surface area contributed by atoms with E-state index in [1.54, 1.807) is 36.4 Å². The lowest BCUT2D eigenvalue weighted by molar-refractivity contribution is 0.102. The van der Waals surface area contributed by atoms with Crippen molar-refractivity contribution < 1.29 is 9.18 Å². The number of hydrogen-bond acceptors (Lipinski definition) is 4. The summed E-state index contributed by atoms with van der Waals surface area (Å²) in [7, 11) is 0.